The fraction of sp³-hybridized carbons (Fsp3) is 0. The van der Waals surface area contributed by atoms with Crippen molar-refractivity contribution in [3.63, 3.8) is 0 Å². The Morgan fingerprint density at radius 3 is 1.01 bits per heavy atom. The van der Waals surface area contributed by atoms with Gasteiger partial charge in [0.2, 0.25) is 0 Å². The normalized spacial score (nSPS) is 11.2. The Morgan fingerprint density at radius 2 is 0.507 bits per heavy atom. The van der Waals surface area contributed by atoms with Gasteiger partial charge >= 0.3 is 0 Å². The highest BCUT2D eigenvalue weighted by Crippen LogP contribution is 2.47. The predicted molar refractivity (Wildman–Crippen MR) is 294 cm³/mol. The van der Waals surface area contributed by atoms with Crippen LogP contribution >= 0.6 is 0 Å². The third-order valence-corrected chi connectivity index (χ3v) is 13.5. The van der Waals surface area contributed by atoms with Crippen molar-refractivity contribution in [2.75, 3.05) is 4.90 Å². The van der Waals surface area contributed by atoms with Gasteiger partial charge in [-0.15, -0.1) is 0 Å². The Kier molecular flexibility index (Phi) is 11.0. The number of rotatable bonds is 10. The number of nitrogens with zero attached hydrogens (tertiary/aromatic N) is 1. The van der Waals surface area contributed by atoms with Gasteiger partial charge in [0.05, 0.1) is 0 Å². The lowest BCUT2D eigenvalue weighted by atomic mass is 9.85. The fourth-order valence-corrected chi connectivity index (χ4v) is 10.1. The topological polar surface area (TPSA) is 3.24 Å². The molecular weight excluding hydrogens is 831 g/mol. The van der Waals surface area contributed by atoms with Crippen molar-refractivity contribution in [2.45, 2.75) is 0 Å². The van der Waals surface area contributed by atoms with Gasteiger partial charge in [-0.25, -0.2) is 0 Å². The van der Waals surface area contributed by atoms with Crippen molar-refractivity contribution in [2.24, 2.45) is 0 Å². The molecule has 0 aliphatic heterocycles. The Morgan fingerprint density at radius 1 is 0.174 bits per heavy atom. The molecule has 0 radical (unpaired) electrons. The number of benzene rings is 12. The van der Waals surface area contributed by atoms with E-state index >= 15 is 0 Å². The van der Waals surface area contributed by atoms with E-state index in [1.54, 1.807) is 0 Å². The first kappa shape index (κ1) is 41.4. The molecule has 0 aliphatic carbocycles. The average Bonchev–Trinajstić information content (AvgIpc) is 3.44. The molecule has 0 bridgehead atoms. The summed E-state index contributed by atoms with van der Waals surface area (Å²) in [5.74, 6) is 0. The first-order chi connectivity index (χ1) is 34.2. The van der Waals surface area contributed by atoms with Gasteiger partial charge in [-0.3, -0.25) is 0 Å². The minimum Gasteiger partial charge on any atom is -0.310 e. The van der Waals surface area contributed by atoms with Crippen molar-refractivity contribution >= 4 is 38.6 Å². The molecule has 12 aromatic carbocycles. The lowest BCUT2D eigenvalue weighted by molar-refractivity contribution is 1.29. The molecule has 0 saturated carbocycles. The summed E-state index contributed by atoms with van der Waals surface area (Å²) in [7, 11) is 0. The second-order valence-corrected chi connectivity index (χ2v) is 17.6. The molecular formula is C68H47N. The molecule has 0 fully saturated rings. The lowest BCUT2D eigenvalue weighted by Crippen LogP contribution is -2.10. The average molecular weight is 878 g/mol. The minimum absolute atomic E-state index is 1.08. The molecule has 12 aromatic rings. The number of fused-ring (bicyclic) bond motifs is 3. The molecule has 0 spiro atoms. The highest BCUT2D eigenvalue weighted by atomic mass is 15.1. The number of anilines is 3. The maximum absolute atomic E-state index is 2.41. The monoisotopic (exact) mass is 877 g/mol. The number of hydrogen-bond acceptors (Lipinski definition) is 1. The zero-order valence-electron chi connectivity index (χ0n) is 38.1. The van der Waals surface area contributed by atoms with Crippen LogP contribution < -0.4 is 4.90 Å². The lowest BCUT2D eigenvalue weighted by Gasteiger charge is -2.27. The quantitative estimate of drug-likeness (QED) is 0.124. The first-order valence-corrected chi connectivity index (χ1v) is 23.7. The van der Waals surface area contributed by atoms with Gasteiger partial charge in [-0.2, -0.15) is 0 Å². The molecule has 324 valence electrons. The largest absolute Gasteiger partial charge is 0.310 e. The van der Waals surface area contributed by atoms with Crippen LogP contribution in [0.4, 0.5) is 17.1 Å². The maximum Gasteiger partial charge on any atom is 0.0468 e. The van der Waals surface area contributed by atoms with Gasteiger partial charge in [0, 0.05) is 17.1 Å². The molecule has 0 amide bonds. The molecule has 0 unspecified atom stereocenters. The van der Waals surface area contributed by atoms with E-state index in [0.717, 1.165) is 22.6 Å². The Bertz CT molecular complexity index is 3700. The highest BCUT2D eigenvalue weighted by molar-refractivity contribution is 6.22. The zero-order valence-corrected chi connectivity index (χ0v) is 38.1. The van der Waals surface area contributed by atoms with Crippen LogP contribution in [-0.2, 0) is 0 Å². The molecule has 0 heterocycles. The Labute approximate surface area is 404 Å². The van der Waals surface area contributed by atoms with Gasteiger partial charge in [0.25, 0.3) is 0 Å². The van der Waals surface area contributed by atoms with E-state index < -0.39 is 0 Å². The van der Waals surface area contributed by atoms with Gasteiger partial charge < -0.3 is 4.90 Å². The molecule has 12 rings (SSSR count). The standard InChI is InChI=1S/C68H47N/c1-6-18-48(19-7-1)50-30-32-51(33-31-50)52-34-39-58(40-35-52)69(59-41-36-54(37-42-59)61-44-38-57(49-20-8-2-9-21-49)46-65(61)53-22-10-3-11-23-53)60-43-45-64-66(47-60)62-28-16-17-29-63(62)67(55-24-12-4-13-25-55)68(64)56-26-14-5-15-27-56/h1-47H. The maximum atomic E-state index is 2.41. The van der Waals surface area contributed by atoms with Crippen molar-refractivity contribution in [1.82, 2.24) is 0 Å². The third-order valence-electron chi connectivity index (χ3n) is 13.5. The van der Waals surface area contributed by atoms with Gasteiger partial charge in [0.15, 0.2) is 0 Å². The van der Waals surface area contributed by atoms with Gasteiger partial charge in [0.1, 0.15) is 0 Å². The summed E-state index contributed by atoms with van der Waals surface area (Å²) < 4.78 is 0. The van der Waals surface area contributed by atoms with Crippen molar-refractivity contribution < 1.29 is 0 Å². The molecule has 0 saturated heterocycles. The SMILES string of the molecule is c1ccc(-c2ccc(-c3ccc(N(c4ccc(-c5ccc(-c6ccccc6)cc5-c5ccccc5)cc4)c4ccc5c(-c6ccccc6)c(-c6ccccc6)c6ccccc6c5c4)cc3)cc2)cc1. The van der Waals surface area contributed by atoms with E-state index in [-0.39, 0.29) is 0 Å². The van der Waals surface area contributed by atoms with Crippen molar-refractivity contribution in [1.29, 1.82) is 0 Å². The van der Waals surface area contributed by atoms with Gasteiger partial charge in [-0.05, 0) is 142 Å². The smallest absolute Gasteiger partial charge is 0.0468 e. The highest BCUT2D eigenvalue weighted by Gasteiger charge is 2.21. The van der Waals surface area contributed by atoms with Crippen LogP contribution in [0.25, 0.3) is 99.4 Å². The summed E-state index contributed by atoms with van der Waals surface area (Å²) in [5, 5.41) is 4.90. The second-order valence-electron chi connectivity index (χ2n) is 17.6. The Hall–Kier alpha value is -9.04. The molecule has 0 aromatic heterocycles. The van der Waals surface area contributed by atoms with Crippen molar-refractivity contribution in [3.05, 3.63) is 285 Å². The van der Waals surface area contributed by atoms with E-state index in [9.17, 15) is 0 Å². The number of hydrogen-bond donors (Lipinski definition) is 0. The summed E-state index contributed by atoms with van der Waals surface area (Å²) in [5.41, 5.74) is 20.1. The van der Waals surface area contributed by atoms with E-state index in [0.29, 0.717) is 0 Å². The van der Waals surface area contributed by atoms with Crippen LogP contribution in [0.1, 0.15) is 0 Å². The van der Waals surface area contributed by atoms with Gasteiger partial charge in [-0.1, -0.05) is 243 Å². The fourth-order valence-electron chi connectivity index (χ4n) is 10.1. The third kappa shape index (κ3) is 8.07. The summed E-state index contributed by atoms with van der Waals surface area (Å²) >= 11 is 0. The molecule has 1 heteroatoms. The summed E-state index contributed by atoms with van der Waals surface area (Å²) in [6, 6.07) is 104. The summed E-state index contributed by atoms with van der Waals surface area (Å²) in [4.78, 5) is 2.41. The summed E-state index contributed by atoms with van der Waals surface area (Å²) in [6.07, 6.45) is 0. The Balaban J connectivity index is 1.01. The van der Waals surface area contributed by atoms with Crippen LogP contribution in [0.2, 0.25) is 0 Å². The minimum atomic E-state index is 1.08. The molecule has 0 N–H and O–H groups in total. The van der Waals surface area contributed by atoms with Crippen LogP contribution in [0.5, 0.6) is 0 Å². The van der Waals surface area contributed by atoms with E-state index in [1.165, 1.54) is 93.9 Å². The molecule has 1 nitrogen and oxygen atoms in total. The zero-order chi connectivity index (χ0) is 45.9. The van der Waals surface area contributed by atoms with E-state index in [1.807, 2.05) is 0 Å². The second kappa shape index (κ2) is 18.3. The van der Waals surface area contributed by atoms with Crippen LogP contribution in [-0.4, -0.2) is 0 Å². The molecule has 69 heavy (non-hydrogen) atoms. The van der Waals surface area contributed by atoms with Crippen LogP contribution in [0.15, 0.2) is 285 Å². The van der Waals surface area contributed by atoms with Crippen molar-refractivity contribution in [3.8, 4) is 77.9 Å². The van der Waals surface area contributed by atoms with Crippen LogP contribution in [0.3, 0.4) is 0 Å². The predicted octanol–water partition coefficient (Wildman–Crippen LogP) is 19.1. The van der Waals surface area contributed by atoms with E-state index in [4.69, 9.17) is 0 Å². The first-order valence-electron chi connectivity index (χ1n) is 23.7. The molecule has 0 aliphatic rings. The van der Waals surface area contributed by atoms with Crippen LogP contribution in [0, 0.1) is 0 Å². The molecule has 0 atom stereocenters. The summed E-state index contributed by atoms with van der Waals surface area (Å²) in [6.45, 7) is 0. The van der Waals surface area contributed by atoms with E-state index in [2.05, 4.69) is 290 Å².